The van der Waals surface area contributed by atoms with E-state index < -0.39 is 5.41 Å². The van der Waals surface area contributed by atoms with E-state index in [0.29, 0.717) is 13.2 Å². The number of aromatic nitrogens is 2. The highest BCUT2D eigenvalue weighted by Crippen LogP contribution is 2.21. The molecule has 1 aromatic heterocycles. The van der Waals surface area contributed by atoms with Gasteiger partial charge in [-0.15, -0.1) is 0 Å². The summed E-state index contributed by atoms with van der Waals surface area (Å²) in [5.74, 6) is 0. The molecule has 0 aliphatic heterocycles. The Balaban J connectivity index is 1.82. The van der Waals surface area contributed by atoms with Gasteiger partial charge in [0.15, 0.2) is 0 Å². The maximum atomic E-state index is 13.0. The Bertz CT molecular complexity index is 872. The van der Waals surface area contributed by atoms with E-state index >= 15 is 0 Å². The number of nitrogens with zero attached hydrogens (tertiary/aromatic N) is 3. The summed E-state index contributed by atoms with van der Waals surface area (Å²) in [6, 6.07) is 6.03. The SMILES string of the molecule is C=C(NCCN(CC)CC(C)(C)COCC(C)(C)CF)c1cnc2cc(I)ccc2n1. The van der Waals surface area contributed by atoms with Gasteiger partial charge in [0.25, 0.3) is 0 Å². The Morgan fingerprint density at radius 1 is 1.19 bits per heavy atom. The normalized spacial score (nSPS) is 12.5. The van der Waals surface area contributed by atoms with E-state index in [1.807, 2.05) is 32.0 Å². The molecular weight excluding hydrogens is 506 g/mol. The van der Waals surface area contributed by atoms with Gasteiger partial charge in [0.1, 0.15) is 5.69 Å². The van der Waals surface area contributed by atoms with Crippen LogP contribution >= 0.6 is 22.6 Å². The average Bonchev–Trinajstić information content (AvgIpc) is 2.72. The fourth-order valence-electron chi connectivity index (χ4n) is 3.23. The van der Waals surface area contributed by atoms with Crippen molar-refractivity contribution >= 4 is 39.3 Å². The van der Waals surface area contributed by atoms with Crippen LogP contribution in [0, 0.1) is 14.4 Å². The van der Waals surface area contributed by atoms with E-state index in [9.17, 15) is 4.39 Å². The number of fused-ring (bicyclic) bond motifs is 1. The van der Waals surface area contributed by atoms with E-state index in [1.54, 1.807) is 6.20 Å². The molecule has 2 rings (SSSR count). The van der Waals surface area contributed by atoms with Crippen LogP contribution < -0.4 is 5.32 Å². The van der Waals surface area contributed by atoms with Crippen molar-refractivity contribution in [1.82, 2.24) is 20.2 Å². The van der Waals surface area contributed by atoms with Crippen molar-refractivity contribution in [2.24, 2.45) is 10.8 Å². The molecule has 0 saturated heterocycles. The maximum absolute atomic E-state index is 13.0. The average molecular weight is 542 g/mol. The van der Waals surface area contributed by atoms with Gasteiger partial charge in [-0.25, -0.2) is 4.98 Å². The largest absolute Gasteiger partial charge is 0.382 e. The predicted octanol–water partition coefficient (Wildman–Crippen LogP) is 5.16. The number of hydrogen-bond donors (Lipinski definition) is 1. The second kappa shape index (κ2) is 11.5. The number of ether oxygens (including phenoxy) is 1. The summed E-state index contributed by atoms with van der Waals surface area (Å²) in [6.07, 6.45) is 1.77. The van der Waals surface area contributed by atoms with Gasteiger partial charge in [-0.1, -0.05) is 41.2 Å². The lowest BCUT2D eigenvalue weighted by Crippen LogP contribution is -2.40. The summed E-state index contributed by atoms with van der Waals surface area (Å²) in [6.45, 7) is 18.6. The van der Waals surface area contributed by atoms with E-state index in [-0.39, 0.29) is 12.1 Å². The van der Waals surface area contributed by atoms with Crippen LogP contribution in [0.3, 0.4) is 0 Å². The van der Waals surface area contributed by atoms with Crippen molar-refractivity contribution in [3.05, 3.63) is 40.2 Å². The zero-order valence-electron chi connectivity index (χ0n) is 19.5. The van der Waals surface area contributed by atoms with Crippen LogP contribution in [0.25, 0.3) is 16.7 Å². The first-order chi connectivity index (χ1) is 14.5. The third-order valence-corrected chi connectivity index (χ3v) is 5.70. The van der Waals surface area contributed by atoms with Crippen LogP contribution in [0.2, 0.25) is 0 Å². The highest BCUT2D eigenvalue weighted by Gasteiger charge is 2.24. The zero-order valence-corrected chi connectivity index (χ0v) is 21.6. The molecule has 0 atom stereocenters. The number of halogens is 2. The summed E-state index contributed by atoms with van der Waals surface area (Å²) in [4.78, 5) is 11.6. The lowest BCUT2D eigenvalue weighted by atomic mass is 9.93. The first-order valence-corrected chi connectivity index (χ1v) is 11.8. The van der Waals surface area contributed by atoms with Crippen molar-refractivity contribution in [3.8, 4) is 0 Å². The van der Waals surface area contributed by atoms with Crippen LogP contribution in [0.1, 0.15) is 40.3 Å². The molecule has 0 unspecified atom stereocenters. The van der Waals surface area contributed by atoms with Crippen molar-refractivity contribution in [1.29, 1.82) is 0 Å². The van der Waals surface area contributed by atoms with Gasteiger partial charge in [0, 0.05) is 34.0 Å². The second-order valence-electron chi connectivity index (χ2n) is 9.62. The summed E-state index contributed by atoms with van der Waals surface area (Å²) in [5, 5.41) is 3.38. The van der Waals surface area contributed by atoms with Gasteiger partial charge in [-0.2, -0.15) is 0 Å². The summed E-state index contributed by atoms with van der Waals surface area (Å²) < 4.78 is 19.9. The van der Waals surface area contributed by atoms with Crippen molar-refractivity contribution in [2.75, 3.05) is 46.1 Å². The Labute approximate surface area is 200 Å². The maximum Gasteiger partial charge on any atom is 0.105 e. The number of benzene rings is 1. The highest BCUT2D eigenvalue weighted by atomic mass is 127. The molecule has 172 valence electrons. The van der Waals surface area contributed by atoms with E-state index in [1.165, 1.54) is 0 Å². The Hall–Kier alpha value is -1.32. The molecule has 0 bridgehead atoms. The van der Waals surface area contributed by atoms with Crippen LogP contribution in [0.4, 0.5) is 4.39 Å². The number of hydrogen-bond acceptors (Lipinski definition) is 5. The van der Waals surface area contributed by atoms with Crippen molar-refractivity contribution < 1.29 is 9.13 Å². The molecule has 1 heterocycles. The molecule has 7 heteroatoms. The topological polar surface area (TPSA) is 50.3 Å². The minimum absolute atomic E-state index is 0.0131. The molecule has 0 amide bonds. The fourth-order valence-corrected chi connectivity index (χ4v) is 3.70. The van der Waals surface area contributed by atoms with Gasteiger partial charge < -0.3 is 15.0 Å². The molecule has 31 heavy (non-hydrogen) atoms. The molecule has 0 aliphatic carbocycles. The van der Waals surface area contributed by atoms with Gasteiger partial charge >= 0.3 is 0 Å². The third kappa shape index (κ3) is 8.61. The number of nitrogens with one attached hydrogen (secondary N) is 1. The Morgan fingerprint density at radius 2 is 1.90 bits per heavy atom. The zero-order chi connectivity index (χ0) is 23.1. The number of rotatable bonds is 13. The molecule has 0 radical (unpaired) electrons. The van der Waals surface area contributed by atoms with Crippen molar-refractivity contribution in [2.45, 2.75) is 34.6 Å². The number of alkyl halides is 1. The van der Waals surface area contributed by atoms with Gasteiger partial charge in [0.2, 0.25) is 0 Å². The first kappa shape index (κ1) is 25.9. The standard InChI is InChI=1S/C24H36FIN4O/c1-7-30(15-24(5,6)17-31-16-23(3,4)14-25)11-10-27-18(2)22-13-28-21-12-19(26)8-9-20(21)29-22/h8-9,12-13,27H,2,7,10-11,14-17H2,1,3-6H3. The predicted molar refractivity (Wildman–Crippen MR) is 136 cm³/mol. The molecule has 1 aromatic carbocycles. The minimum atomic E-state index is -0.422. The molecule has 0 spiro atoms. The van der Waals surface area contributed by atoms with Crippen LogP contribution in [0.15, 0.2) is 31.0 Å². The summed E-state index contributed by atoms with van der Waals surface area (Å²) >= 11 is 2.27. The summed E-state index contributed by atoms with van der Waals surface area (Å²) in [7, 11) is 0. The molecule has 0 aliphatic rings. The molecule has 0 fully saturated rings. The fraction of sp³-hybridized carbons (Fsp3) is 0.583. The molecular formula is C24H36FIN4O. The summed E-state index contributed by atoms with van der Waals surface area (Å²) in [5.41, 5.74) is 2.87. The molecule has 5 nitrogen and oxygen atoms in total. The Morgan fingerprint density at radius 3 is 2.58 bits per heavy atom. The first-order valence-electron chi connectivity index (χ1n) is 10.8. The minimum Gasteiger partial charge on any atom is -0.382 e. The van der Waals surface area contributed by atoms with E-state index in [2.05, 4.69) is 70.1 Å². The van der Waals surface area contributed by atoms with Gasteiger partial charge in [-0.05, 0) is 47.3 Å². The van der Waals surface area contributed by atoms with Crippen molar-refractivity contribution in [3.63, 3.8) is 0 Å². The van der Waals surface area contributed by atoms with E-state index in [4.69, 9.17) is 4.74 Å². The lowest BCUT2D eigenvalue weighted by molar-refractivity contribution is -0.00374. The van der Waals surface area contributed by atoms with Crippen LogP contribution in [-0.2, 0) is 4.74 Å². The molecule has 0 saturated carbocycles. The second-order valence-corrected chi connectivity index (χ2v) is 10.9. The lowest BCUT2D eigenvalue weighted by Gasteiger charge is -2.33. The van der Waals surface area contributed by atoms with Crippen LogP contribution in [0.5, 0.6) is 0 Å². The van der Waals surface area contributed by atoms with E-state index in [0.717, 1.165) is 52.2 Å². The molecule has 2 aromatic rings. The third-order valence-electron chi connectivity index (χ3n) is 5.03. The van der Waals surface area contributed by atoms with Gasteiger partial charge in [0.05, 0.1) is 42.8 Å². The monoisotopic (exact) mass is 542 g/mol. The Kier molecular flexibility index (Phi) is 9.64. The smallest absolute Gasteiger partial charge is 0.105 e. The quantitative estimate of drug-likeness (QED) is 0.355. The van der Waals surface area contributed by atoms with Gasteiger partial charge in [-0.3, -0.25) is 9.37 Å². The molecule has 1 N–H and O–H groups in total. The van der Waals surface area contributed by atoms with Crippen LogP contribution in [-0.4, -0.2) is 60.9 Å². The highest BCUT2D eigenvalue weighted by molar-refractivity contribution is 14.1. The number of likely N-dealkylation sites (N-methyl/N-ethyl adjacent to an activating group) is 1.